The molecule has 31 heavy (non-hydrogen) atoms. The summed E-state index contributed by atoms with van der Waals surface area (Å²) in [5.41, 5.74) is 4.17. The van der Waals surface area contributed by atoms with Gasteiger partial charge in [-0.05, 0) is 75.4 Å². The molecule has 0 aliphatic heterocycles. The van der Waals surface area contributed by atoms with Gasteiger partial charge in [-0.2, -0.15) is 0 Å². The van der Waals surface area contributed by atoms with Gasteiger partial charge in [0, 0.05) is 17.9 Å². The summed E-state index contributed by atoms with van der Waals surface area (Å²) >= 11 is 5.36. The van der Waals surface area contributed by atoms with Gasteiger partial charge in [-0.1, -0.05) is 50.5 Å². The van der Waals surface area contributed by atoms with E-state index in [1.54, 1.807) is 0 Å². The summed E-state index contributed by atoms with van der Waals surface area (Å²) in [6.45, 7) is 12.5. The number of unbranched alkanes of at least 4 members (excludes halogenated alkanes) is 2. The van der Waals surface area contributed by atoms with E-state index < -0.39 is 0 Å². The van der Waals surface area contributed by atoms with Crippen molar-refractivity contribution in [1.29, 1.82) is 0 Å². The smallest absolute Gasteiger partial charge is 0.262 e. The first-order valence-corrected chi connectivity index (χ1v) is 11.8. The number of allylic oxidation sites excluding steroid dienone is 3. The molecule has 2 rings (SSSR count). The van der Waals surface area contributed by atoms with E-state index in [9.17, 15) is 9.90 Å². The number of aromatic hydroxyl groups is 1. The number of phenols is 1. The van der Waals surface area contributed by atoms with Gasteiger partial charge in [-0.25, -0.2) is 0 Å². The van der Waals surface area contributed by atoms with E-state index >= 15 is 0 Å². The lowest BCUT2D eigenvalue weighted by Crippen LogP contribution is -2.32. The number of rotatable bonds is 10. The molecule has 0 saturated heterocycles. The molecule has 1 aromatic rings. The normalized spacial score (nSPS) is 18.3. The number of hydrogen-bond acceptors (Lipinski definition) is 4. The number of ether oxygens (including phenoxy) is 1. The lowest BCUT2D eigenvalue weighted by atomic mass is 9.73. The minimum Gasteiger partial charge on any atom is -0.507 e. The first-order chi connectivity index (χ1) is 14.8. The maximum absolute atomic E-state index is 11.7. The van der Waals surface area contributed by atoms with Crippen molar-refractivity contribution in [2.24, 2.45) is 5.92 Å². The standard InChI is InChI=1S/C26H37NO3S/c1-6-8-9-10-19-14-23(29)25(22-13-18(5)11-12-21(22)17(3)4)24(15-19)30-26(31)27-16-20(28)7-2/h13-15,21-22,29H,3,6-12,16H2,1-2,4-5H3,(H,27,31)/t21-,22+/m0/s1. The van der Waals surface area contributed by atoms with E-state index in [4.69, 9.17) is 17.0 Å². The van der Waals surface area contributed by atoms with Gasteiger partial charge in [0.2, 0.25) is 0 Å². The maximum atomic E-state index is 11.7. The van der Waals surface area contributed by atoms with Gasteiger partial charge in [0.25, 0.3) is 5.17 Å². The Hall–Kier alpha value is -2.14. The first kappa shape index (κ1) is 25.1. The number of carbonyl (C=O) groups excluding carboxylic acids is 1. The molecular weight excluding hydrogens is 406 g/mol. The minimum absolute atomic E-state index is 0.0222. The average Bonchev–Trinajstić information content (AvgIpc) is 2.71. The lowest BCUT2D eigenvalue weighted by molar-refractivity contribution is -0.117. The molecule has 0 radical (unpaired) electrons. The molecule has 1 aliphatic carbocycles. The third kappa shape index (κ3) is 7.20. The van der Waals surface area contributed by atoms with E-state index in [-0.39, 0.29) is 35.1 Å². The third-order valence-corrected chi connectivity index (χ3v) is 6.22. The Morgan fingerprint density at radius 1 is 1.32 bits per heavy atom. The highest BCUT2D eigenvalue weighted by atomic mass is 32.1. The van der Waals surface area contributed by atoms with Crippen molar-refractivity contribution in [1.82, 2.24) is 5.32 Å². The molecule has 0 heterocycles. The molecule has 5 heteroatoms. The van der Waals surface area contributed by atoms with Crippen LogP contribution >= 0.6 is 12.2 Å². The van der Waals surface area contributed by atoms with Crippen LogP contribution in [0, 0.1) is 5.92 Å². The van der Waals surface area contributed by atoms with Crippen molar-refractivity contribution in [3.8, 4) is 11.5 Å². The summed E-state index contributed by atoms with van der Waals surface area (Å²) in [5.74, 6) is 1.07. The quantitative estimate of drug-likeness (QED) is 0.250. The molecule has 0 bridgehead atoms. The number of thiocarbonyl (C=S) groups is 1. The van der Waals surface area contributed by atoms with Gasteiger partial charge < -0.3 is 15.2 Å². The van der Waals surface area contributed by atoms with Gasteiger partial charge in [0.05, 0.1) is 6.54 Å². The van der Waals surface area contributed by atoms with Gasteiger partial charge in [0.15, 0.2) is 5.78 Å². The van der Waals surface area contributed by atoms with Crippen LogP contribution < -0.4 is 10.1 Å². The van der Waals surface area contributed by atoms with Crippen molar-refractivity contribution >= 4 is 23.2 Å². The number of carbonyl (C=O) groups is 1. The third-order valence-electron chi connectivity index (χ3n) is 5.99. The van der Waals surface area contributed by atoms with Gasteiger partial charge in [0.1, 0.15) is 11.5 Å². The summed E-state index contributed by atoms with van der Waals surface area (Å²) in [7, 11) is 0. The predicted octanol–water partition coefficient (Wildman–Crippen LogP) is 6.37. The second kappa shape index (κ2) is 12.0. The molecule has 1 aliphatic rings. The number of Topliss-reactive ketones (excluding diaryl/α,β-unsaturated/α-hetero) is 1. The number of ketones is 1. The van der Waals surface area contributed by atoms with Crippen LogP contribution in [0.3, 0.4) is 0 Å². The molecule has 2 atom stereocenters. The Morgan fingerprint density at radius 2 is 2.06 bits per heavy atom. The highest BCUT2D eigenvalue weighted by Gasteiger charge is 2.31. The fourth-order valence-corrected chi connectivity index (χ4v) is 4.31. The number of hydrogen-bond donors (Lipinski definition) is 2. The van der Waals surface area contributed by atoms with Crippen LogP contribution in [0.4, 0.5) is 0 Å². The largest absolute Gasteiger partial charge is 0.507 e. The Labute approximate surface area is 192 Å². The zero-order valence-electron chi connectivity index (χ0n) is 19.4. The lowest BCUT2D eigenvalue weighted by Gasteiger charge is -2.32. The minimum atomic E-state index is -0.0222. The second-order valence-electron chi connectivity index (χ2n) is 8.65. The van der Waals surface area contributed by atoms with E-state index in [1.165, 1.54) is 5.57 Å². The monoisotopic (exact) mass is 443 g/mol. The Kier molecular flexibility index (Phi) is 9.76. The highest BCUT2D eigenvalue weighted by molar-refractivity contribution is 7.80. The summed E-state index contributed by atoms with van der Waals surface area (Å²) in [6, 6.07) is 3.86. The molecule has 0 fully saturated rings. The summed E-state index contributed by atoms with van der Waals surface area (Å²) in [6.07, 6.45) is 8.89. The van der Waals surface area contributed by atoms with Crippen LogP contribution in [0.1, 0.15) is 83.3 Å². The number of nitrogens with one attached hydrogen (secondary N) is 1. The molecule has 4 nitrogen and oxygen atoms in total. The average molecular weight is 444 g/mol. The number of benzene rings is 1. The fourth-order valence-electron chi connectivity index (χ4n) is 4.15. The molecule has 0 aromatic heterocycles. The SMILES string of the molecule is C=C(C)[C@@H]1CCC(C)=C[C@H]1c1c(O)cc(CCCCC)cc1OC(=S)NCC(=O)CC. The molecule has 0 spiro atoms. The van der Waals surface area contributed by atoms with Crippen LogP contribution in [-0.4, -0.2) is 22.6 Å². The van der Waals surface area contributed by atoms with Crippen LogP contribution in [0.2, 0.25) is 0 Å². The molecule has 1 aromatic carbocycles. The Bertz CT molecular complexity index is 843. The van der Waals surface area contributed by atoms with Crippen LogP contribution in [0.25, 0.3) is 0 Å². The summed E-state index contributed by atoms with van der Waals surface area (Å²) in [4.78, 5) is 11.7. The molecule has 0 amide bonds. The molecular formula is C26H37NO3S. The Balaban J connectivity index is 2.42. The predicted molar refractivity (Wildman–Crippen MR) is 132 cm³/mol. The van der Waals surface area contributed by atoms with Crippen molar-refractivity contribution in [2.75, 3.05) is 6.54 Å². The molecule has 0 saturated carbocycles. The summed E-state index contributed by atoms with van der Waals surface area (Å²) < 4.78 is 6.03. The van der Waals surface area contributed by atoms with Crippen LogP contribution in [0.15, 0.2) is 35.9 Å². The maximum Gasteiger partial charge on any atom is 0.262 e. The van der Waals surface area contributed by atoms with Gasteiger partial charge in [-0.15, -0.1) is 0 Å². The van der Waals surface area contributed by atoms with Crippen LogP contribution in [0.5, 0.6) is 11.5 Å². The topological polar surface area (TPSA) is 58.6 Å². The van der Waals surface area contributed by atoms with Crippen molar-refractivity contribution in [2.45, 2.75) is 78.6 Å². The molecule has 0 unspecified atom stereocenters. The number of aryl methyl sites for hydroxylation is 1. The molecule has 170 valence electrons. The van der Waals surface area contributed by atoms with Crippen molar-refractivity contribution in [3.05, 3.63) is 47.1 Å². The highest BCUT2D eigenvalue weighted by Crippen LogP contribution is 2.47. The first-order valence-electron chi connectivity index (χ1n) is 11.4. The zero-order chi connectivity index (χ0) is 23.0. The van der Waals surface area contributed by atoms with E-state index in [0.29, 0.717) is 12.2 Å². The van der Waals surface area contributed by atoms with E-state index in [0.717, 1.165) is 55.2 Å². The zero-order valence-corrected chi connectivity index (χ0v) is 20.2. The van der Waals surface area contributed by atoms with Crippen LogP contribution in [-0.2, 0) is 11.2 Å². The Morgan fingerprint density at radius 3 is 2.71 bits per heavy atom. The van der Waals surface area contributed by atoms with E-state index in [1.807, 2.05) is 26.0 Å². The summed E-state index contributed by atoms with van der Waals surface area (Å²) in [5, 5.41) is 14.1. The van der Waals surface area contributed by atoms with Gasteiger partial charge in [-0.3, -0.25) is 4.79 Å². The van der Waals surface area contributed by atoms with E-state index in [2.05, 4.69) is 31.8 Å². The molecule has 2 N–H and O–H groups in total. The van der Waals surface area contributed by atoms with Gasteiger partial charge >= 0.3 is 0 Å². The van der Waals surface area contributed by atoms with Crippen molar-refractivity contribution in [3.63, 3.8) is 0 Å². The fraction of sp³-hybridized carbons (Fsp3) is 0.538. The number of phenolic OH excluding ortho intramolecular Hbond substituents is 1. The van der Waals surface area contributed by atoms with Crippen molar-refractivity contribution < 1.29 is 14.6 Å². The second-order valence-corrected chi connectivity index (χ2v) is 9.02.